The highest BCUT2D eigenvalue weighted by molar-refractivity contribution is 5.71. The second-order valence-electron chi connectivity index (χ2n) is 3.84. The van der Waals surface area contributed by atoms with Crippen molar-refractivity contribution in [3.05, 3.63) is 0 Å². The molecule has 0 spiro atoms. The van der Waals surface area contributed by atoms with Crippen molar-refractivity contribution < 1.29 is 14.7 Å². The van der Waals surface area contributed by atoms with E-state index in [-0.39, 0.29) is 12.3 Å². The lowest BCUT2D eigenvalue weighted by Gasteiger charge is -2.16. The van der Waals surface area contributed by atoms with Crippen molar-refractivity contribution in [2.45, 2.75) is 26.7 Å². The van der Waals surface area contributed by atoms with Gasteiger partial charge in [0, 0.05) is 13.0 Å². The van der Waals surface area contributed by atoms with E-state index in [0.717, 1.165) is 6.42 Å². The van der Waals surface area contributed by atoms with E-state index < -0.39 is 12.0 Å². The summed E-state index contributed by atoms with van der Waals surface area (Å²) in [5.41, 5.74) is 4.90. The Morgan fingerprint density at radius 3 is 2.36 bits per heavy atom. The van der Waals surface area contributed by atoms with Gasteiger partial charge in [0.15, 0.2) is 0 Å². The van der Waals surface area contributed by atoms with Crippen LogP contribution in [0, 0.1) is 11.8 Å². The summed E-state index contributed by atoms with van der Waals surface area (Å²) in [4.78, 5) is 20.9. The van der Waals surface area contributed by atoms with Gasteiger partial charge >= 0.3 is 12.0 Å². The molecule has 0 heterocycles. The minimum atomic E-state index is -0.845. The van der Waals surface area contributed by atoms with E-state index in [2.05, 4.69) is 5.32 Å². The molecule has 14 heavy (non-hydrogen) atoms. The maximum atomic E-state index is 10.5. The Kier molecular flexibility index (Phi) is 5.67. The molecule has 82 valence electrons. The third-order valence-corrected chi connectivity index (χ3v) is 1.83. The Hall–Kier alpha value is -1.26. The normalized spacial score (nSPS) is 12.5. The van der Waals surface area contributed by atoms with E-state index in [1.54, 1.807) is 0 Å². The number of nitrogens with two attached hydrogens (primary N) is 1. The van der Waals surface area contributed by atoms with Crippen molar-refractivity contribution >= 4 is 12.0 Å². The van der Waals surface area contributed by atoms with Crippen LogP contribution in [0.5, 0.6) is 0 Å². The summed E-state index contributed by atoms with van der Waals surface area (Å²) in [5.74, 6) is -0.476. The number of urea groups is 1. The van der Waals surface area contributed by atoms with E-state index in [9.17, 15) is 9.59 Å². The summed E-state index contributed by atoms with van der Waals surface area (Å²) in [6.45, 7) is 4.36. The van der Waals surface area contributed by atoms with Crippen molar-refractivity contribution in [3.8, 4) is 0 Å². The standard InChI is InChI=1S/C9H18N2O3/c1-6(2)3-7(4-8(12)13)5-11-9(10)14/h6-7H,3-5H2,1-2H3,(H,12,13)(H3,10,11,14)/t7-/m0/s1. The minimum absolute atomic E-state index is 0.0417. The molecular formula is C9H18N2O3. The highest BCUT2D eigenvalue weighted by atomic mass is 16.4. The van der Waals surface area contributed by atoms with Crippen LogP contribution in [0.1, 0.15) is 26.7 Å². The minimum Gasteiger partial charge on any atom is -0.481 e. The van der Waals surface area contributed by atoms with E-state index >= 15 is 0 Å². The Morgan fingerprint density at radius 1 is 1.43 bits per heavy atom. The van der Waals surface area contributed by atoms with Crippen molar-refractivity contribution in [2.24, 2.45) is 17.6 Å². The van der Waals surface area contributed by atoms with Crippen LogP contribution in [0.2, 0.25) is 0 Å². The van der Waals surface area contributed by atoms with Gasteiger partial charge in [0.25, 0.3) is 0 Å². The molecule has 4 N–H and O–H groups in total. The van der Waals surface area contributed by atoms with Gasteiger partial charge in [0.2, 0.25) is 0 Å². The number of aliphatic carboxylic acids is 1. The number of nitrogens with one attached hydrogen (secondary N) is 1. The van der Waals surface area contributed by atoms with E-state index in [0.29, 0.717) is 12.5 Å². The van der Waals surface area contributed by atoms with Crippen molar-refractivity contribution in [2.75, 3.05) is 6.54 Å². The summed E-state index contributed by atoms with van der Waals surface area (Å²) < 4.78 is 0. The quantitative estimate of drug-likeness (QED) is 0.594. The van der Waals surface area contributed by atoms with Gasteiger partial charge in [-0.15, -0.1) is 0 Å². The van der Waals surface area contributed by atoms with Crippen LogP contribution in [0.4, 0.5) is 4.79 Å². The van der Waals surface area contributed by atoms with E-state index in [4.69, 9.17) is 10.8 Å². The first kappa shape index (κ1) is 12.7. The third kappa shape index (κ3) is 7.39. The summed E-state index contributed by atoms with van der Waals surface area (Å²) in [6, 6.07) is -0.607. The van der Waals surface area contributed by atoms with E-state index in [1.807, 2.05) is 13.8 Å². The van der Waals surface area contributed by atoms with Crippen LogP contribution >= 0.6 is 0 Å². The van der Waals surface area contributed by atoms with Gasteiger partial charge in [-0.3, -0.25) is 4.79 Å². The predicted octanol–water partition coefficient (Wildman–Crippen LogP) is 0.792. The van der Waals surface area contributed by atoms with Crippen molar-refractivity contribution in [1.29, 1.82) is 0 Å². The maximum absolute atomic E-state index is 10.5. The van der Waals surface area contributed by atoms with Gasteiger partial charge in [-0.05, 0) is 18.3 Å². The zero-order valence-electron chi connectivity index (χ0n) is 8.62. The highest BCUT2D eigenvalue weighted by Gasteiger charge is 2.15. The molecule has 0 radical (unpaired) electrons. The summed E-state index contributed by atoms with van der Waals surface area (Å²) >= 11 is 0. The molecule has 5 heteroatoms. The zero-order valence-corrected chi connectivity index (χ0v) is 8.62. The van der Waals surface area contributed by atoms with Gasteiger partial charge in [-0.1, -0.05) is 13.8 Å². The fourth-order valence-corrected chi connectivity index (χ4v) is 1.40. The topological polar surface area (TPSA) is 92.4 Å². The number of carboxylic acid groups (broad SMARTS) is 1. The van der Waals surface area contributed by atoms with Crippen molar-refractivity contribution in [1.82, 2.24) is 5.32 Å². The molecule has 2 amide bonds. The molecule has 0 aromatic heterocycles. The molecule has 0 aliphatic carbocycles. The first-order valence-corrected chi connectivity index (χ1v) is 4.67. The Morgan fingerprint density at radius 2 is 2.00 bits per heavy atom. The smallest absolute Gasteiger partial charge is 0.312 e. The maximum Gasteiger partial charge on any atom is 0.312 e. The molecule has 0 aliphatic rings. The summed E-state index contributed by atoms with van der Waals surface area (Å²) in [6.07, 6.45) is 0.838. The SMILES string of the molecule is CC(C)C[C@H](CNC(N)=O)CC(=O)O. The van der Waals surface area contributed by atoms with Crippen LogP contribution in [-0.4, -0.2) is 23.7 Å². The van der Waals surface area contributed by atoms with Gasteiger partial charge in [-0.2, -0.15) is 0 Å². The number of carbonyl (C=O) groups excluding carboxylic acids is 1. The molecule has 0 fully saturated rings. The third-order valence-electron chi connectivity index (χ3n) is 1.83. The molecule has 0 bridgehead atoms. The first-order valence-electron chi connectivity index (χ1n) is 4.67. The van der Waals surface area contributed by atoms with Gasteiger partial charge < -0.3 is 16.2 Å². The lowest BCUT2D eigenvalue weighted by molar-refractivity contribution is -0.138. The monoisotopic (exact) mass is 202 g/mol. The average Bonchev–Trinajstić information content (AvgIpc) is 1.97. The lowest BCUT2D eigenvalue weighted by Crippen LogP contribution is -2.34. The first-order chi connectivity index (χ1) is 6.41. The number of hydrogen-bond donors (Lipinski definition) is 3. The van der Waals surface area contributed by atoms with E-state index in [1.165, 1.54) is 0 Å². The fourth-order valence-electron chi connectivity index (χ4n) is 1.40. The number of amides is 2. The average molecular weight is 202 g/mol. The molecule has 0 aromatic rings. The molecule has 1 atom stereocenters. The largest absolute Gasteiger partial charge is 0.481 e. The molecule has 0 rings (SSSR count). The Bertz CT molecular complexity index is 204. The predicted molar refractivity (Wildman–Crippen MR) is 52.8 cm³/mol. The van der Waals surface area contributed by atoms with Crippen LogP contribution < -0.4 is 11.1 Å². The zero-order chi connectivity index (χ0) is 11.1. The summed E-state index contributed by atoms with van der Waals surface area (Å²) in [7, 11) is 0. The summed E-state index contributed by atoms with van der Waals surface area (Å²) in [5, 5.41) is 11.0. The Balaban J connectivity index is 3.96. The molecule has 0 aromatic carbocycles. The van der Waals surface area contributed by atoms with Crippen LogP contribution in [0.3, 0.4) is 0 Å². The number of carboxylic acids is 1. The molecular weight excluding hydrogens is 184 g/mol. The highest BCUT2D eigenvalue weighted by Crippen LogP contribution is 2.14. The molecule has 0 saturated carbocycles. The molecule has 5 nitrogen and oxygen atoms in total. The lowest BCUT2D eigenvalue weighted by atomic mass is 9.94. The van der Waals surface area contributed by atoms with Crippen LogP contribution in [0.15, 0.2) is 0 Å². The number of carbonyl (C=O) groups is 2. The van der Waals surface area contributed by atoms with Gasteiger partial charge in [0.05, 0.1) is 0 Å². The molecule has 0 aliphatic heterocycles. The second-order valence-corrected chi connectivity index (χ2v) is 3.84. The fraction of sp³-hybridized carbons (Fsp3) is 0.778. The van der Waals surface area contributed by atoms with Crippen LogP contribution in [0.25, 0.3) is 0 Å². The number of hydrogen-bond acceptors (Lipinski definition) is 2. The second kappa shape index (κ2) is 6.23. The van der Waals surface area contributed by atoms with Gasteiger partial charge in [-0.25, -0.2) is 4.79 Å². The molecule has 0 saturated heterocycles. The van der Waals surface area contributed by atoms with Gasteiger partial charge in [0.1, 0.15) is 0 Å². The van der Waals surface area contributed by atoms with Crippen molar-refractivity contribution in [3.63, 3.8) is 0 Å². The Labute approximate surface area is 83.7 Å². The van der Waals surface area contributed by atoms with Crippen LogP contribution in [-0.2, 0) is 4.79 Å². The number of rotatable bonds is 6. The number of primary amides is 1. The molecule has 0 unspecified atom stereocenters.